The van der Waals surface area contributed by atoms with Gasteiger partial charge >= 0.3 is 11.9 Å². The van der Waals surface area contributed by atoms with Crippen LogP contribution in [0.15, 0.2) is 36.4 Å². The van der Waals surface area contributed by atoms with Crippen LogP contribution in [0.25, 0.3) is 0 Å². The van der Waals surface area contributed by atoms with Crippen LogP contribution in [0.2, 0.25) is 10.0 Å². The van der Waals surface area contributed by atoms with Gasteiger partial charge in [-0.2, -0.15) is 0 Å². The Morgan fingerprint density at radius 2 is 1.34 bits per heavy atom. The van der Waals surface area contributed by atoms with Gasteiger partial charge in [-0.25, -0.2) is 0 Å². The molecular weight excluding hydrogens is 555 g/mol. The summed E-state index contributed by atoms with van der Waals surface area (Å²) < 4.78 is 27.5. The second-order valence-electron chi connectivity index (χ2n) is 9.54. The first kappa shape index (κ1) is 32.0. The molecule has 38 heavy (non-hydrogen) atoms. The monoisotopic (exact) mass is 588 g/mol. The molecule has 0 aliphatic carbocycles. The Morgan fingerprint density at radius 1 is 0.816 bits per heavy atom. The molecule has 2 atom stereocenters. The van der Waals surface area contributed by atoms with E-state index in [1.807, 2.05) is 38.1 Å². The maximum absolute atomic E-state index is 11.4. The summed E-state index contributed by atoms with van der Waals surface area (Å²) in [5, 5.41) is 0.661. The zero-order chi connectivity index (χ0) is 28.5. The molecule has 0 spiro atoms. The summed E-state index contributed by atoms with van der Waals surface area (Å²) in [6, 6.07) is 11.2. The minimum atomic E-state index is -0.620. The van der Waals surface area contributed by atoms with Gasteiger partial charge in [0.25, 0.3) is 0 Å². The van der Waals surface area contributed by atoms with E-state index in [1.165, 1.54) is 13.8 Å². The smallest absolute Gasteiger partial charge is 0.303 e. The third-order valence-electron chi connectivity index (χ3n) is 5.60. The number of alkyl halides is 1. The zero-order valence-corrected chi connectivity index (χ0v) is 24.8. The van der Waals surface area contributed by atoms with E-state index in [4.69, 9.17) is 58.5 Å². The van der Waals surface area contributed by atoms with Crippen LogP contribution in [0.5, 0.6) is 11.5 Å². The summed E-state index contributed by atoms with van der Waals surface area (Å²) in [6.07, 6.45) is -1.12. The Bertz CT molecular complexity index is 1050. The molecule has 2 aromatic carbocycles. The van der Waals surface area contributed by atoms with Crippen molar-refractivity contribution in [1.82, 2.24) is 0 Å². The molecule has 0 aromatic heterocycles. The summed E-state index contributed by atoms with van der Waals surface area (Å²) in [4.78, 5) is 22.6. The molecule has 0 saturated carbocycles. The molecule has 2 rings (SSSR count). The highest BCUT2D eigenvalue weighted by Crippen LogP contribution is 2.40. The van der Waals surface area contributed by atoms with Gasteiger partial charge in [0.2, 0.25) is 0 Å². The highest BCUT2D eigenvalue weighted by Gasteiger charge is 2.26. The Morgan fingerprint density at radius 3 is 1.84 bits per heavy atom. The van der Waals surface area contributed by atoms with Crippen molar-refractivity contribution in [2.24, 2.45) is 0 Å². The summed E-state index contributed by atoms with van der Waals surface area (Å²) in [7, 11) is 0. The minimum Gasteiger partial charge on any atom is -0.490 e. The molecule has 0 heterocycles. The molecule has 10 heteroatoms. The molecule has 2 aromatic rings. The number of rotatable bonds is 14. The van der Waals surface area contributed by atoms with Gasteiger partial charge in [0.15, 0.2) is 11.9 Å². The lowest BCUT2D eigenvalue weighted by Gasteiger charge is -2.27. The molecule has 0 bridgehead atoms. The molecule has 0 unspecified atom stereocenters. The predicted octanol–water partition coefficient (Wildman–Crippen LogP) is 6.60. The normalized spacial score (nSPS) is 13.1. The molecule has 210 valence electrons. The lowest BCUT2D eigenvalue weighted by Crippen LogP contribution is -2.30. The van der Waals surface area contributed by atoms with E-state index in [2.05, 4.69) is 13.8 Å². The number of ether oxygens (including phenoxy) is 5. The van der Waals surface area contributed by atoms with Crippen molar-refractivity contribution in [2.75, 3.05) is 25.7 Å². The van der Waals surface area contributed by atoms with Gasteiger partial charge in [0.1, 0.15) is 25.1 Å². The molecule has 0 N–H and O–H groups in total. The molecule has 0 amide bonds. The third kappa shape index (κ3) is 9.84. The van der Waals surface area contributed by atoms with Gasteiger partial charge in [-0.1, -0.05) is 49.2 Å². The van der Waals surface area contributed by atoms with Gasteiger partial charge in [-0.15, -0.1) is 11.6 Å². The van der Waals surface area contributed by atoms with E-state index in [0.29, 0.717) is 21.5 Å². The number of carbonyl (C=O) groups is 2. The molecule has 0 aliphatic heterocycles. The molecule has 0 fully saturated rings. The minimum absolute atomic E-state index is 0.0144. The molecule has 0 aliphatic rings. The summed E-state index contributed by atoms with van der Waals surface area (Å²) in [5.41, 5.74) is 1.43. The number of hydrogen-bond acceptors (Lipinski definition) is 7. The van der Waals surface area contributed by atoms with Crippen molar-refractivity contribution in [3.8, 4) is 11.5 Å². The third-order valence-corrected chi connectivity index (χ3v) is 6.50. The first-order valence-electron chi connectivity index (χ1n) is 12.2. The number of esters is 2. The second-order valence-corrected chi connectivity index (χ2v) is 10.7. The first-order chi connectivity index (χ1) is 17.8. The Hall–Kier alpha value is -2.19. The molecule has 7 nitrogen and oxygen atoms in total. The summed E-state index contributed by atoms with van der Waals surface area (Å²) in [5.74, 6) is 0.167. The second kappa shape index (κ2) is 14.8. The highest BCUT2D eigenvalue weighted by molar-refractivity contribution is 6.37. The van der Waals surface area contributed by atoms with Crippen molar-refractivity contribution in [2.45, 2.75) is 65.3 Å². The fourth-order valence-electron chi connectivity index (χ4n) is 3.55. The number of halogens is 3. The molecule has 0 saturated heterocycles. The van der Waals surface area contributed by atoms with Crippen molar-refractivity contribution in [3.05, 3.63) is 57.6 Å². The average Bonchev–Trinajstić information content (AvgIpc) is 2.83. The van der Waals surface area contributed by atoms with Crippen LogP contribution in [0, 0.1) is 0 Å². The van der Waals surface area contributed by atoms with E-state index >= 15 is 0 Å². The average molecular weight is 590 g/mol. The SMILES string of the molecule is CC(=O)O[C@@H](CCl)COc1c(Cl)cc(C(C)(C)c2ccc(OC[C@@H](COC(C)C)OC(C)=O)cc2)cc1Cl. The van der Waals surface area contributed by atoms with E-state index in [1.54, 1.807) is 12.1 Å². The summed E-state index contributed by atoms with van der Waals surface area (Å²) in [6.45, 7) is 11.0. The van der Waals surface area contributed by atoms with Crippen molar-refractivity contribution in [3.63, 3.8) is 0 Å². The Balaban J connectivity index is 2.12. The largest absolute Gasteiger partial charge is 0.490 e. The van der Waals surface area contributed by atoms with Gasteiger partial charge in [-0.05, 0) is 49.2 Å². The van der Waals surface area contributed by atoms with Crippen LogP contribution in [-0.4, -0.2) is 56.0 Å². The van der Waals surface area contributed by atoms with E-state index < -0.39 is 23.6 Å². The number of carbonyl (C=O) groups excluding carboxylic acids is 2. The number of benzene rings is 2. The van der Waals surface area contributed by atoms with Crippen LogP contribution in [0.1, 0.15) is 52.7 Å². The van der Waals surface area contributed by atoms with Crippen molar-refractivity contribution >= 4 is 46.7 Å². The predicted molar refractivity (Wildman–Crippen MR) is 149 cm³/mol. The van der Waals surface area contributed by atoms with Gasteiger partial charge in [0.05, 0.1) is 28.6 Å². The first-order valence-corrected chi connectivity index (χ1v) is 13.5. The maximum atomic E-state index is 11.4. The van der Waals surface area contributed by atoms with Crippen LogP contribution in [0.3, 0.4) is 0 Å². The van der Waals surface area contributed by atoms with Gasteiger partial charge in [-0.3, -0.25) is 9.59 Å². The van der Waals surface area contributed by atoms with Gasteiger partial charge < -0.3 is 23.7 Å². The summed E-state index contributed by atoms with van der Waals surface area (Å²) >= 11 is 18.9. The van der Waals surface area contributed by atoms with Crippen LogP contribution < -0.4 is 9.47 Å². The van der Waals surface area contributed by atoms with Crippen LogP contribution >= 0.6 is 34.8 Å². The van der Waals surface area contributed by atoms with Gasteiger partial charge in [0, 0.05) is 19.3 Å². The topological polar surface area (TPSA) is 80.3 Å². The highest BCUT2D eigenvalue weighted by atomic mass is 35.5. The Labute approximate surface area is 239 Å². The van der Waals surface area contributed by atoms with Crippen molar-refractivity contribution < 1.29 is 33.3 Å². The molecular formula is C28H35Cl3O7. The fraction of sp³-hybridized carbons (Fsp3) is 0.500. The van der Waals surface area contributed by atoms with Crippen LogP contribution in [-0.2, 0) is 29.2 Å². The van der Waals surface area contributed by atoms with E-state index in [0.717, 1.165) is 11.1 Å². The van der Waals surface area contributed by atoms with E-state index in [9.17, 15) is 9.59 Å². The zero-order valence-electron chi connectivity index (χ0n) is 22.5. The maximum Gasteiger partial charge on any atom is 0.303 e. The fourth-order valence-corrected chi connectivity index (χ4v) is 4.30. The Kier molecular flexibility index (Phi) is 12.5. The number of hydrogen-bond donors (Lipinski definition) is 0. The van der Waals surface area contributed by atoms with E-state index in [-0.39, 0.29) is 37.8 Å². The van der Waals surface area contributed by atoms with Crippen molar-refractivity contribution in [1.29, 1.82) is 0 Å². The molecule has 0 radical (unpaired) electrons. The van der Waals surface area contributed by atoms with Crippen LogP contribution in [0.4, 0.5) is 0 Å². The lowest BCUT2D eigenvalue weighted by molar-refractivity contribution is -0.152. The lowest BCUT2D eigenvalue weighted by atomic mass is 9.78. The quantitative estimate of drug-likeness (QED) is 0.181. The standard InChI is InChI=1S/C28H35Cl3O7/c1-17(2)34-15-24(38-19(4)33)16-35-22-9-7-20(8-10-22)28(5,6)21-11-25(30)27(26(31)12-21)36-14-23(13-29)37-18(3)32/h7-12,17,23-24H,13-16H2,1-6H3/t23-,24+/m0/s1.